The summed E-state index contributed by atoms with van der Waals surface area (Å²) in [5.41, 5.74) is 0.515. The molecular weight excluding hydrogens is 714 g/mol. The number of hydrogen-bond donors (Lipinski definition) is 0. The Morgan fingerprint density at radius 2 is 1.14 bits per heavy atom. The lowest BCUT2D eigenvalue weighted by Crippen LogP contribution is -2.57. The van der Waals surface area contributed by atoms with E-state index < -0.39 is 62.9 Å². The van der Waals surface area contributed by atoms with Gasteiger partial charge in [-0.1, -0.05) is 32.6 Å². The predicted octanol–water partition coefficient (Wildman–Crippen LogP) is 8.76. The number of halogens is 14. The molecule has 1 unspecified atom stereocenters. The maximum absolute atomic E-state index is 14.1. The zero-order valence-electron chi connectivity index (χ0n) is 25.0. The van der Waals surface area contributed by atoms with Gasteiger partial charge in [-0.2, -0.15) is 43.9 Å². The quantitative estimate of drug-likeness (QED) is 0.0876. The van der Waals surface area contributed by atoms with Gasteiger partial charge in [0, 0.05) is 5.56 Å². The SMILES string of the molecule is CCCCCCCOc1cnc(-c2ccc(OCC(F)COCC(F)(F)OC(F)(F)C(F)(F)OC(F)(F)C(F)(F)OC(F)(F)F)cc2)nc1. The fraction of sp³-hybridized carbons (Fsp3) is 0.630. The van der Waals surface area contributed by atoms with Gasteiger partial charge in [-0.3, -0.25) is 0 Å². The van der Waals surface area contributed by atoms with Crippen LogP contribution in [-0.4, -0.2) is 79.5 Å². The Hall–Kier alpha value is -3.24. The molecule has 2 aromatic rings. The van der Waals surface area contributed by atoms with Crippen LogP contribution in [0, 0.1) is 0 Å². The van der Waals surface area contributed by atoms with Gasteiger partial charge in [-0.05, 0) is 30.7 Å². The maximum atomic E-state index is 14.1. The Morgan fingerprint density at radius 1 is 0.612 bits per heavy atom. The largest absolute Gasteiger partial charge is 0.527 e. The molecule has 2 rings (SSSR count). The minimum Gasteiger partial charge on any atom is -0.490 e. The number of aromatic nitrogens is 2. The minimum absolute atomic E-state index is 0.0491. The van der Waals surface area contributed by atoms with Crippen LogP contribution in [0.2, 0.25) is 0 Å². The molecule has 22 heteroatoms. The first-order valence-electron chi connectivity index (χ1n) is 14.0. The van der Waals surface area contributed by atoms with Crippen molar-refractivity contribution < 1.29 is 89.9 Å². The van der Waals surface area contributed by atoms with Crippen molar-refractivity contribution in [2.45, 2.75) is 82.1 Å². The smallest absolute Gasteiger partial charge is 0.490 e. The Balaban J connectivity index is 1.81. The summed E-state index contributed by atoms with van der Waals surface area (Å²) in [6.45, 7) is -2.05. The highest BCUT2D eigenvalue weighted by Crippen LogP contribution is 2.48. The molecule has 1 heterocycles. The van der Waals surface area contributed by atoms with Gasteiger partial charge in [-0.15, -0.1) is 13.2 Å². The lowest BCUT2D eigenvalue weighted by Gasteiger charge is -2.33. The lowest BCUT2D eigenvalue weighted by molar-refractivity contribution is -0.564. The summed E-state index contributed by atoms with van der Waals surface area (Å²) in [6.07, 6.45) is -34.4. The standard InChI is InChI=1S/C27H28F14N2O6/c1-2-3-4-5-6-11-45-20-12-42-21(43-13-20)17-7-9-19(10-8-17)46-15-18(28)14-44-16-22(29,30)47-23(31,32)24(33,34)48-25(35,36)26(37,38)49-27(39,40)41/h7-10,12-13,18H,2-6,11,14-16H2,1H3. The van der Waals surface area contributed by atoms with Gasteiger partial charge < -0.3 is 14.2 Å². The van der Waals surface area contributed by atoms with Gasteiger partial charge >= 0.3 is 36.9 Å². The van der Waals surface area contributed by atoms with E-state index in [0.29, 0.717) is 23.7 Å². The molecule has 0 saturated carbocycles. The summed E-state index contributed by atoms with van der Waals surface area (Å²) in [5, 5.41) is 0. The van der Waals surface area contributed by atoms with Gasteiger partial charge in [0.25, 0.3) is 0 Å². The van der Waals surface area contributed by atoms with Crippen molar-refractivity contribution in [1.82, 2.24) is 9.97 Å². The minimum atomic E-state index is -7.16. The predicted molar refractivity (Wildman–Crippen MR) is 137 cm³/mol. The van der Waals surface area contributed by atoms with E-state index in [9.17, 15) is 61.5 Å². The summed E-state index contributed by atoms with van der Waals surface area (Å²) in [5.74, 6) is 0.818. The maximum Gasteiger partial charge on any atom is 0.527 e. The van der Waals surface area contributed by atoms with E-state index in [0.717, 1.165) is 32.1 Å². The molecule has 0 aliphatic rings. The summed E-state index contributed by atoms with van der Waals surface area (Å²) in [4.78, 5) is 8.36. The first kappa shape index (κ1) is 41.9. The first-order chi connectivity index (χ1) is 22.5. The van der Waals surface area contributed by atoms with E-state index in [-0.39, 0.29) is 5.75 Å². The molecule has 49 heavy (non-hydrogen) atoms. The van der Waals surface area contributed by atoms with Crippen molar-refractivity contribution in [2.24, 2.45) is 0 Å². The Labute approximate surface area is 268 Å². The van der Waals surface area contributed by atoms with Crippen LogP contribution in [0.1, 0.15) is 39.0 Å². The molecule has 8 nitrogen and oxygen atoms in total. The number of benzene rings is 1. The second kappa shape index (κ2) is 17.1. The van der Waals surface area contributed by atoms with Crippen molar-refractivity contribution >= 4 is 0 Å². The molecule has 0 fully saturated rings. The third kappa shape index (κ3) is 13.9. The number of rotatable bonds is 22. The van der Waals surface area contributed by atoms with E-state index >= 15 is 0 Å². The second-order valence-corrected chi connectivity index (χ2v) is 9.91. The molecule has 0 spiro atoms. The highest BCUT2D eigenvalue weighted by molar-refractivity contribution is 5.56. The van der Waals surface area contributed by atoms with Gasteiger partial charge in [0.1, 0.15) is 19.0 Å². The van der Waals surface area contributed by atoms with E-state index in [1.807, 2.05) is 0 Å². The van der Waals surface area contributed by atoms with Crippen molar-refractivity contribution in [3.05, 3.63) is 36.7 Å². The number of alkyl halides is 14. The second-order valence-electron chi connectivity index (χ2n) is 9.91. The molecule has 280 valence electrons. The topological polar surface area (TPSA) is 81.2 Å². The Morgan fingerprint density at radius 3 is 1.69 bits per heavy atom. The van der Waals surface area contributed by atoms with E-state index in [1.54, 1.807) is 9.47 Å². The van der Waals surface area contributed by atoms with E-state index in [1.165, 1.54) is 36.7 Å². The summed E-state index contributed by atoms with van der Waals surface area (Å²) in [6, 6.07) is 5.68. The van der Waals surface area contributed by atoms with Gasteiger partial charge in [-0.25, -0.2) is 28.6 Å². The zero-order chi connectivity index (χ0) is 37.2. The first-order valence-corrected chi connectivity index (χ1v) is 14.0. The molecule has 0 N–H and O–H groups in total. The molecule has 0 aliphatic heterocycles. The van der Waals surface area contributed by atoms with Crippen LogP contribution in [0.25, 0.3) is 11.4 Å². The van der Waals surface area contributed by atoms with Gasteiger partial charge in [0.15, 0.2) is 17.7 Å². The molecule has 1 aromatic heterocycles. The Bertz CT molecular complexity index is 1270. The van der Waals surface area contributed by atoms with E-state index in [4.69, 9.17) is 9.47 Å². The normalized spacial score (nSPS) is 14.2. The molecule has 0 amide bonds. The average molecular weight is 743 g/mol. The molecule has 0 radical (unpaired) electrons. The van der Waals surface area contributed by atoms with Crippen LogP contribution in [0.4, 0.5) is 61.5 Å². The summed E-state index contributed by atoms with van der Waals surface area (Å²) < 4.78 is 203. The van der Waals surface area contributed by atoms with Gasteiger partial charge in [0.2, 0.25) is 0 Å². The molecule has 0 bridgehead atoms. The highest BCUT2D eigenvalue weighted by atomic mass is 19.4. The van der Waals surface area contributed by atoms with Crippen LogP contribution < -0.4 is 9.47 Å². The zero-order valence-corrected chi connectivity index (χ0v) is 25.0. The van der Waals surface area contributed by atoms with Crippen molar-refractivity contribution in [2.75, 3.05) is 26.4 Å². The molecule has 1 atom stereocenters. The number of nitrogens with zero attached hydrogens (tertiary/aromatic N) is 2. The highest BCUT2D eigenvalue weighted by Gasteiger charge is 2.74. The van der Waals surface area contributed by atoms with Crippen LogP contribution in [0.3, 0.4) is 0 Å². The third-order valence-electron chi connectivity index (χ3n) is 5.71. The molecular formula is C27H28F14N2O6. The van der Waals surface area contributed by atoms with Crippen LogP contribution in [-0.2, 0) is 18.9 Å². The fourth-order valence-corrected chi connectivity index (χ4v) is 3.44. The van der Waals surface area contributed by atoms with Crippen molar-refractivity contribution in [3.63, 3.8) is 0 Å². The van der Waals surface area contributed by atoms with Gasteiger partial charge in [0.05, 0.1) is 25.6 Å². The molecule has 0 saturated heterocycles. The van der Waals surface area contributed by atoms with Crippen LogP contribution in [0.15, 0.2) is 36.7 Å². The summed E-state index contributed by atoms with van der Waals surface area (Å²) >= 11 is 0. The third-order valence-corrected chi connectivity index (χ3v) is 5.71. The Kier molecular flexibility index (Phi) is 14.6. The van der Waals surface area contributed by atoms with Crippen LogP contribution in [0.5, 0.6) is 11.5 Å². The number of hydrogen-bond acceptors (Lipinski definition) is 8. The number of ether oxygens (including phenoxy) is 6. The van der Waals surface area contributed by atoms with Crippen molar-refractivity contribution in [3.8, 4) is 22.9 Å². The molecule has 1 aromatic carbocycles. The molecule has 0 aliphatic carbocycles. The fourth-order valence-electron chi connectivity index (χ4n) is 3.44. The summed E-state index contributed by atoms with van der Waals surface area (Å²) in [7, 11) is 0. The monoisotopic (exact) mass is 742 g/mol. The average Bonchev–Trinajstić information content (AvgIpc) is 2.96. The van der Waals surface area contributed by atoms with Crippen LogP contribution >= 0.6 is 0 Å². The van der Waals surface area contributed by atoms with E-state index in [2.05, 4.69) is 26.4 Å². The van der Waals surface area contributed by atoms with Crippen molar-refractivity contribution in [1.29, 1.82) is 0 Å². The lowest BCUT2D eigenvalue weighted by atomic mass is 10.2. The number of unbranched alkanes of at least 4 members (excludes halogenated alkanes) is 4.